The summed E-state index contributed by atoms with van der Waals surface area (Å²) in [7, 11) is 1.71. The standard InChI is InChI=1S/C22H36N4O2.HI/c1-3-23-22(24-12-4-13-25-14-10-20(27)11-15-25)26-16-9-19(17-26)18-5-7-21(28-2)8-6-18;/h5-8,19-20,27H,3-4,9-17H2,1-2H3,(H,23,24);1H. The molecule has 0 bridgehead atoms. The molecule has 0 spiro atoms. The average Bonchev–Trinajstić information content (AvgIpc) is 3.22. The van der Waals surface area contributed by atoms with Crippen LogP contribution in [-0.2, 0) is 0 Å². The fourth-order valence-electron chi connectivity index (χ4n) is 4.15. The number of methoxy groups -OCH3 is 1. The first kappa shape index (κ1) is 24.2. The van der Waals surface area contributed by atoms with E-state index in [9.17, 15) is 5.11 Å². The molecule has 2 N–H and O–H groups in total. The zero-order chi connectivity index (χ0) is 19.8. The quantitative estimate of drug-likeness (QED) is 0.253. The Hall–Kier alpha value is -1.06. The van der Waals surface area contributed by atoms with Gasteiger partial charge in [-0.25, -0.2) is 0 Å². The van der Waals surface area contributed by atoms with Crippen molar-refractivity contribution < 1.29 is 9.84 Å². The maximum atomic E-state index is 9.61. The molecule has 3 rings (SSSR count). The van der Waals surface area contributed by atoms with E-state index in [2.05, 4.69) is 46.3 Å². The SMILES string of the molecule is CCNC(=NCCCN1CCC(O)CC1)N1CCC(c2ccc(OC)cc2)C1.I. The monoisotopic (exact) mass is 516 g/mol. The van der Waals surface area contributed by atoms with Crippen LogP contribution in [0.5, 0.6) is 5.75 Å². The van der Waals surface area contributed by atoms with Gasteiger partial charge in [0.1, 0.15) is 5.75 Å². The molecule has 1 unspecified atom stereocenters. The number of benzene rings is 1. The van der Waals surface area contributed by atoms with E-state index in [1.807, 2.05) is 0 Å². The third-order valence-corrected chi connectivity index (χ3v) is 5.86. The number of halogens is 1. The Kier molecular flexibility index (Phi) is 10.5. The number of aliphatic hydroxyl groups is 1. The first-order valence-corrected chi connectivity index (χ1v) is 10.8. The lowest BCUT2D eigenvalue weighted by Gasteiger charge is -2.29. The molecule has 7 heteroatoms. The van der Waals surface area contributed by atoms with Crippen LogP contribution in [0.25, 0.3) is 0 Å². The van der Waals surface area contributed by atoms with E-state index in [0.29, 0.717) is 5.92 Å². The van der Waals surface area contributed by atoms with Crippen molar-refractivity contribution in [3.8, 4) is 5.75 Å². The summed E-state index contributed by atoms with van der Waals surface area (Å²) in [4.78, 5) is 9.73. The minimum absolute atomic E-state index is 0. The third kappa shape index (κ3) is 7.29. The van der Waals surface area contributed by atoms with E-state index >= 15 is 0 Å². The molecule has 0 saturated carbocycles. The van der Waals surface area contributed by atoms with Crippen molar-refractivity contribution in [2.75, 3.05) is 52.9 Å². The van der Waals surface area contributed by atoms with E-state index in [1.54, 1.807) is 7.11 Å². The summed E-state index contributed by atoms with van der Waals surface area (Å²) in [5.74, 6) is 2.51. The fourth-order valence-corrected chi connectivity index (χ4v) is 4.15. The second-order valence-corrected chi connectivity index (χ2v) is 7.87. The summed E-state index contributed by atoms with van der Waals surface area (Å²) in [5, 5.41) is 13.1. The van der Waals surface area contributed by atoms with E-state index in [4.69, 9.17) is 9.73 Å². The normalized spacial score (nSPS) is 21.1. The first-order valence-electron chi connectivity index (χ1n) is 10.8. The smallest absolute Gasteiger partial charge is 0.193 e. The number of rotatable bonds is 7. The highest BCUT2D eigenvalue weighted by molar-refractivity contribution is 14.0. The summed E-state index contributed by atoms with van der Waals surface area (Å²) in [6, 6.07) is 8.48. The van der Waals surface area contributed by atoms with Gasteiger partial charge in [0.05, 0.1) is 13.2 Å². The van der Waals surface area contributed by atoms with Crippen LogP contribution >= 0.6 is 24.0 Å². The molecule has 164 valence electrons. The van der Waals surface area contributed by atoms with E-state index in [1.165, 1.54) is 5.56 Å². The number of nitrogens with zero attached hydrogens (tertiary/aromatic N) is 3. The molecule has 0 amide bonds. The Morgan fingerprint density at radius 2 is 1.90 bits per heavy atom. The summed E-state index contributed by atoms with van der Waals surface area (Å²) in [5.41, 5.74) is 1.38. The minimum atomic E-state index is -0.0940. The van der Waals surface area contributed by atoms with Crippen molar-refractivity contribution in [3.05, 3.63) is 29.8 Å². The van der Waals surface area contributed by atoms with Gasteiger partial charge in [-0.1, -0.05) is 12.1 Å². The predicted octanol–water partition coefficient (Wildman–Crippen LogP) is 2.91. The van der Waals surface area contributed by atoms with Gasteiger partial charge >= 0.3 is 0 Å². The molecule has 2 heterocycles. The van der Waals surface area contributed by atoms with Gasteiger partial charge < -0.3 is 25.0 Å². The maximum absolute atomic E-state index is 9.61. The van der Waals surface area contributed by atoms with Gasteiger partial charge in [-0.3, -0.25) is 4.99 Å². The van der Waals surface area contributed by atoms with E-state index in [0.717, 1.165) is 83.2 Å². The second-order valence-electron chi connectivity index (χ2n) is 7.87. The predicted molar refractivity (Wildman–Crippen MR) is 130 cm³/mol. The number of hydrogen-bond donors (Lipinski definition) is 2. The lowest BCUT2D eigenvalue weighted by Crippen LogP contribution is -2.40. The zero-order valence-corrected chi connectivity index (χ0v) is 20.2. The number of aliphatic hydroxyl groups excluding tert-OH is 1. The van der Waals surface area contributed by atoms with Crippen LogP contribution in [0, 0.1) is 0 Å². The van der Waals surface area contributed by atoms with Crippen LogP contribution in [0.1, 0.15) is 44.1 Å². The largest absolute Gasteiger partial charge is 0.497 e. The summed E-state index contributed by atoms with van der Waals surface area (Å²) in [6.07, 6.45) is 3.95. The Labute approximate surface area is 192 Å². The minimum Gasteiger partial charge on any atom is -0.497 e. The average molecular weight is 516 g/mol. The van der Waals surface area contributed by atoms with Gasteiger partial charge in [-0.15, -0.1) is 24.0 Å². The van der Waals surface area contributed by atoms with Crippen LogP contribution in [0.3, 0.4) is 0 Å². The van der Waals surface area contributed by atoms with Gasteiger partial charge in [0.15, 0.2) is 5.96 Å². The molecule has 1 aromatic carbocycles. The van der Waals surface area contributed by atoms with Gasteiger partial charge in [-0.2, -0.15) is 0 Å². The molecule has 6 nitrogen and oxygen atoms in total. The number of hydrogen-bond acceptors (Lipinski definition) is 4. The van der Waals surface area contributed by atoms with Gasteiger partial charge in [0, 0.05) is 45.2 Å². The van der Waals surface area contributed by atoms with Crippen molar-refractivity contribution in [1.29, 1.82) is 0 Å². The Bertz CT molecular complexity index is 618. The molecule has 0 aliphatic carbocycles. The Morgan fingerprint density at radius 3 is 2.55 bits per heavy atom. The number of piperidine rings is 1. The van der Waals surface area contributed by atoms with E-state index < -0.39 is 0 Å². The van der Waals surface area contributed by atoms with Crippen LogP contribution in [-0.4, -0.2) is 79.9 Å². The van der Waals surface area contributed by atoms with Crippen LogP contribution in [0.15, 0.2) is 29.3 Å². The number of likely N-dealkylation sites (tertiary alicyclic amines) is 2. The molecular formula is C22H37IN4O2. The molecule has 1 atom stereocenters. The van der Waals surface area contributed by atoms with Crippen molar-refractivity contribution in [3.63, 3.8) is 0 Å². The van der Waals surface area contributed by atoms with Crippen molar-refractivity contribution >= 4 is 29.9 Å². The molecule has 1 aromatic rings. The highest BCUT2D eigenvalue weighted by Crippen LogP contribution is 2.28. The molecule has 2 aliphatic rings. The first-order chi connectivity index (χ1) is 13.7. The van der Waals surface area contributed by atoms with Gasteiger partial charge in [-0.05, 0) is 56.8 Å². The Balaban J connectivity index is 0.00000300. The fraction of sp³-hybridized carbons (Fsp3) is 0.682. The summed E-state index contributed by atoms with van der Waals surface area (Å²) in [6.45, 7) is 9.04. The van der Waals surface area contributed by atoms with Crippen molar-refractivity contribution in [1.82, 2.24) is 15.1 Å². The van der Waals surface area contributed by atoms with Gasteiger partial charge in [0.25, 0.3) is 0 Å². The number of guanidine groups is 1. The topological polar surface area (TPSA) is 60.3 Å². The molecule has 29 heavy (non-hydrogen) atoms. The molecule has 0 aromatic heterocycles. The lowest BCUT2D eigenvalue weighted by molar-refractivity contribution is 0.0824. The van der Waals surface area contributed by atoms with Crippen LogP contribution in [0.2, 0.25) is 0 Å². The molecule has 2 fully saturated rings. The summed E-state index contributed by atoms with van der Waals surface area (Å²) < 4.78 is 5.27. The van der Waals surface area contributed by atoms with Crippen molar-refractivity contribution in [2.45, 2.75) is 44.6 Å². The van der Waals surface area contributed by atoms with E-state index in [-0.39, 0.29) is 30.1 Å². The van der Waals surface area contributed by atoms with Crippen LogP contribution in [0.4, 0.5) is 0 Å². The maximum Gasteiger partial charge on any atom is 0.193 e. The molecule has 0 radical (unpaired) electrons. The zero-order valence-electron chi connectivity index (χ0n) is 17.8. The Morgan fingerprint density at radius 1 is 1.17 bits per heavy atom. The number of ether oxygens (including phenoxy) is 1. The lowest BCUT2D eigenvalue weighted by atomic mass is 9.98. The molecule has 2 saturated heterocycles. The number of nitrogens with one attached hydrogen (secondary N) is 1. The second kappa shape index (κ2) is 12.6. The highest BCUT2D eigenvalue weighted by Gasteiger charge is 2.26. The van der Waals surface area contributed by atoms with Crippen molar-refractivity contribution in [2.24, 2.45) is 4.99 Å². The molecular weight excluding hydrogens is 479 g/mol. The highest BCUT2D eigenvalue weighted by atomic mass is 127. The summed E-state index contributed by atoms with van der Waals surface area (Å²) >= 11 is 0. The van der Waals surface area contributed by atoms with Gasteiger partial charge in [0.2, 0.25) is 0 Å². The third-order valence-electron chi connectivity index (χ3n) is 5.86. The molecule has 2 aliphatic heterocycles. The number of aliphatic imine (C=N–C) groups is 1. The van der Waals surface area contributed by atoms with Crippen LogP contribution < -0.4 is 10.1 Å².